The third-order valence-corrected chi connectivity index (χ3v) is 4.41. The van der Waals surface area contributed by atoms with Crippen LogP contribution in [0.15, 0.2) is 55.6 Å². The summed E-state index contributed by atoms with van der Waals surface area (Å²) in [7, 11) is 0. The molecule has 8 heteroatoms. The van der Waals surface area contributed by atoms with E-state index in [2.05, 4.69) is 26.5 Å². The van der Waals surface area contributed by atoms with E-state index in [9.17, 15) is 5.11 Å². The van der Waals surface area contributed by atoms with Crippen molar-refractivity contribution in [3.8, 4) is 11.5 Å². The number of nitrogens with one attached hydrogen (secondary N) is 1. The van der Waals surface area contributed by atoms with Crippen molar-refractivity contribution in [2.24, 2.45) is 0 Å². The van der Waals surface area contributed by atoms with Crippen molar-refractivity contribution in [2.75, 3.05) is 6.61 Å². The van der Waals surface area contributed by atoms with E-state index < -0.39 is 0 Å². The third kappa shape index (κ3) is 5.43. The van der Waals surface area contributed by atoms with Crippen LogP contribution in [-0.4, -0.2) is 31.6 Å². The predicted octanol–water partition coefficient (Wildman–Crippen LogP) is 2.36. The highest BCUT2D eigenvalue weighted by Gasteiger charge is 2.10. The van der Waals surface area contributed by atoms with Gasteiger partial charge in [0.25, 0.3) is 0 Å². The van der Waals surface area contributed by atoms with Crippen LogP contribution in [0.3, 0.4) is 0 Å². The van der Waals surface area contributed by atoms with Crippen LogP contribution in [0.5, 0.6) is 11.5 Å². The summed E-state index contributed by atoms with van der Waals surface area (Å²) in [5, 5.41) is 11.3. The molecule has 3 aromatic rings. The van der Waals surface area contributed by atoms with Gasteiger partial charge >= 0.3 is 0 Å². The highest BCUT2D eigenvalue weighted by molar-refractivity contribution is 6.31. The Morgan fingerprint density at radius 2 is 1.97 bits per heavy atom. The van der Waals surface area contributed by atoms with E-state index in [4.69, 9.17) is 21.1 Å². The third-order valence-electron chi connectivity index (χ3n) is 3.99. The molecule has 3 aromatic heterocycles. The number of pyridine rings is 1. The largest absolute Gasteiger partial charge is 0.460 e. The van der Waals surface area contributed by atoms with Gasteiger partial charge in [0.2, 0.25) is 0 Å². The van der Waals surface area contributed by atoms with Crippen LogP contribution in [0.25, 0.3) is 11.8 Å². The lowest BCUT2D eigenvalue weighted by molar-refractivity contribution is 0.298. The number of allylic oxidation sites excluding steroid dienone is 1. The number of halogens is 1. The first kappa shape index (κ1) is 20.6. The number of nitrogens with zero attached hydrogens (tertiary/aromatic N) is 3. The SMILES string of the molecule is C=C(CC=c1[nH]c(CCO)c(Cl)c1=C(C)Oc1cncnc1)Oc1cccnc1. The summed E-state index contributed by atoms with van der Waals surface area (Å²) in [4.78, 5) is 15.2. The molecular formula is C21H21ClN4O3. The fraction of sp³-hybridized carbons (Fsp3) is 0.190. The molecule has 3 heterocycles. The molecule has 7 nitrogen and oxygen atoms in total. The summed E-state index contributed by atoms with van der Waals surface area (Å²) in [6.45, 7) is 5.73. The maximum atomic E-state index is 9.32. The molecule has 0 aliphatic rings. The van der Waals surface area contributed by atoms with E-state index in [0.717, 1.165) is 11.0 Å². The van der Waals surface area contributed by atoms with Crippen LogP contribution >= 0.6 is 11.6 Å². The van der Waals surface area contributed by atoms with Gasteiger partial charge in [-0.05, 0) is 19.1 Å². The lowest BCUT2D eigenvalue weighted by Gasteiger charge is -2.06. The van der Waals surface area contributed by atoms with Crippen LogP contribution in [0.1, 0.15) is 19.0 Å². The monoisotopic (exact) mass is 412 g/mol. The number of ether oxygens (including phenoxy) is 2. The van der Waals surface area contributed by atoms with Gasteiger partial charge in [-0.25, -0.2) is 9.97 Å². The average Bonchev–Trinajstić information content (AvgIpc) is 3.04. The second kappa shape index (κ2) is 9.86. The smallest absolute Gasteiger partial charge is 0.163 e. The molecule has 0 fully saturated rings. The van der Waals surface area contributed by atoms with Gasteiger partial charge < -0.3 is 19.6 Å². The highest BCUT2D eigenvalue weighted by atomic mass is 35.5. The zero-order valence-electron chi connectivity index (χ0n) is 15.9. The number of aliphatic hydroxyl groups excluding tert-OH is 1. The van der Waals surface area contributed by atoms with Gasteiger partial charge in [-0.1, -0.05) is 24.3 Å². The Balaban J connectivity index is 1.92. The molecule has 0 spiro atoms. The second-order valence-corrected chi connectivity index (χ2v) is 6.53. The Hall–Kier alpha value is -3.16. The Morgan fingerprint density at radius 1 is 1.21 bits per heavy atom. The molecule has 0 bridgehead atoms. The molecule has 2 N–H and O–H groups in total. The molecule has 0 saturated carbocycles. The van der Waals surface area contributed by atoms with Crippen molar-refractivity contribution >= 4 is 23.4 Å². The summed E-state index contributed by atoms with van der Waals surface area (Å²) in [6.07, 6.45) is 10.6. The zero-order chi connectivity index (χ0) is 20.6. The van der Waals surface area contributed by atoms with E-state index in [1.54, 1.807) is 30.9 Å². The second-order valence-electron chi connectivity index (χ2n) is 6.15. The van der Waals surface area contributed by atoms with Crippen molar-refractivity contribution in [1.29, 1.82) is 0 Å². The van der Waals surface area contributed by atoms with Crippen molar-refractivity contribution in [2.45, 2.75) is 19.8 Å². The van der Waals surface area contributed by atoms with E-state index >= 15 is 0 Å². The summed E-state index contributed by atoms with van der Waals surface area (Å²) < 4.78 is 11.5. The maximum Gasteiger partial charge on any atom is 0.163 e. The number of hydrogen-bond donors (Lipinski definition) is 2. The Morgan fingerprint density at radius 3 is 2.66 bits per heavy atom. The van der Waals surface area contributed by atoms with Crippen molar-refractivity contribution in [3.63, 3.8) is 0 Å². The summed E-state index contributed by atoms with van der Waals surface area (Å²) in [5.41, 5.74) is 0.724. The standard InChI is InChI=1S/C21H21ClN4O3/c1-14(28-16-4-3-8-23-10-16)5-6-18-20(21(22)19(26-18)7-9-27)15(2)29-17-11-24-13-25-12-17/h3-4,6,8,10-13,26-27H,1,5,7,9H2,2H3. The zero-order valence-corrected chi connectivity index (χ0v) is 16.7. The Kier molecular flexibility index (Phi) is 6.99. The lowest BCUT2D eigenvalue weighted by atomic mass is 10.2. The Bertz CT molecular complexity index is 1080. The molecule has 0 amide bonds. The normalized spacial score (nSPS) is 12.6. The van der Waals surface area contributed by atoms with Gasteiger partial charge in [0.1, 0.15) is 23.6 Å². The first-order valence-corrected chi connectivity index (χ1v) is 9.33. The van der Waals surface area contributed by atoms with Gasteiger partial charge in [-0.2, -0.15) is 0 Å². The van der Waals surface area contributed by atoms with Crippen LogP contribution < -0.4 is 20.0 Å². The lowest BCUT2D eigenvalue weighted by Crippen LogP contribution is -2.27. The first-order valence-electron chi connectivity index (χ1n) is 8.95. The number of rotatable bonds is 8. The molecular weight excluding hydrogens is 392 g/mol. The Labute approximate surface area is 173 Å². The van der Waals surface area contributed by atoms with Crippen molar-refractivity contribution < 1.29 is 14.6 Å². The van der Waals surface area contributed by atoms with Gasteiger partial charge in [-0.15, -0.1) is 0 Å². The van der Waals surface area contributed by atoms with Crippen LogP contribution in [-0.2, 0) is 6.42 Å². The molecule has 29 heavy (non-hydrogen) atoms. The summed E-state index contributed by atoms with van der Waals surface area (Å²) in [5.74, 6) is 2.25. The molecule has 0 unspecified atom stereocenters. The van der Waals surface area contributed by atoms with E-state index in [-0.39, 0.29) is 6.61 Å². The fourth-order valence-electron chi connectivity index (χ4n) is 2.73. The van der Waals surface area contributed by atoms with Crippen LogP contribution in [0.4, 0.5) is 0 Å². The minimum Gasteiger partial charge on any atom is -0.460 e. The molecule has 0 aromatic carbocycles. The predicted molar refractivity (Wildman–Crippen MR) is 111 cm³/mol. The number of aromatic amines is 1. The van der Waals surface area contributed by atoms with Gasteiger partial charge in [0, 0.05) is 36.7 Å². The van der Waals surface area contributed by atoms with Gasteiger partial charge in [0.15, 0.2) is 5.75 Å². The molecule has 0 radical (unpaired) electrons. The topological polar surface area (TPSA) is 93.2 Å². The van der Waals surface area contributed by atoms with Crippen molar-refractivity contribution in [1.82, 2.24) is 19.9 Å². The van der Waals surface area contributed by atoms with E-state index in [0.29, 0.717) is 46.1 Å². The molecule has 0 saturated heterocycles. The molecule has 0 atom stereocenters. The molecule has 150 valence electrons. The minimum absolute atomic E-state index is 0.0254. The number of hydrogen-bond acceptors (Lipinski definition) is 6. The molecule has 3 rings (SSSR count). The maximum absolute atomic E-state index is 9.32. The molecule has 0 aliphatic carbocycles. The summed E-state index contributed by atoms with van der Waals surface area (Å²) >= 11 is 6.56. The van der Waals surface area contributed by atoms with Gasteiger partial charge in [-0.3, -0.25) is 4.98 Å². The first-order chi connectivity index (χ1) is 14.1. The van der Waals surface area contributed by atoms with Gasteiger partial charge in [0.05, 0.1) is 28.8 Å². The number of aliphatic hydroxyl groups is 1. The number of aromatic nitrogens is 4. The minimum atomic E-state index is -0.0254. The fourth-order valence-corrected chi connectivity index (χ4v) is 3.10. The summed E-state index contributed by atoms with van der Waals surface area (Å²) in [6, 6.07) is 3.60. The number of H-pyrrole nitrogens is 1. The van der Waals surface area contributed by atoms with E-state index in [1.165, 1.54) is 6.33 Å². The van der Waals surface area contributed by atoms with Crippen molar-refractivity contribution in [3.05, 3.63) is 76.9 Å². The average molecular weight is 413 g/mol. The highest BCUT2D eigenvalue weighted by Crippen LogP contribution is 2.14. The van der Waals surface area contributed by atoms with Crippen LogP contribution in [0.2, 0.25) is 5.02 Å². The quantitative estimate of drug-likeness (QED) is 0.552. The van der Waals surface area contributed by atoms with Crippen LogP contribution in [0, 0.1) is 0 Å². The molecule has 0 aliphatic heterocycles. The van der Waals surface area contributed by atoms with E-state index in [1.807, 2.05) is 19.1 Å².